The van der Waals surface area contributed by atoms with E-state index in [1.165, 1.54) is 10.7 Å². The molecule has 2 aromatic heterocycles. The minimum absolute atomic E-state index is 0.247. The van der Waals surface area contributed by atoms with E-state index in [1.807, 2.05) is 18.2 Å². The molecule has 8 nitrogen and oxygen atoms in total. The highest BCUT2D eigenvalue weighted by Crippen LogP contribution is 2.10. The third kappa shape index (κ3) is 4.35. The summed E-state index contributed by atoms with van der Waals surface area (Å²) in [6, 6.07) is 13.9. The molecule has 1 N–H and O–H groups in total. The number of carbonyl (C=O) groups is 1. The number of hydrogen-bond donors (Lipinski definition) is 1. The topological polar surface area (TPSA) is 91.0 Å². The number of nitrogens with zero attached hydrogens (tertiary/aromatic N) is 4. The summed E-state index contributed by atoms with van der Waals surface area (Å²) >= 11 is 0. The van der Waals surface area contributed by atoms with Crippen molar-refractivity contribution < 1.29 is 9.53 Å². The average Bonchev–Trinajstić information content (AvgIpc) is 3.18. The number of rotatable bonds is 7. The van der Waals surface area contributed by atoms with Crippen molar-refractivity contribution in [3.8, 4) is 11.6 Å². The monoisotopic (exact) mass is 353 g/mol. The maximum atomic E-state index is 12.1. The summed E-state index contributed by atoms with van der Waals surface area (Å²) < 4.78 is 8.41. The average molecular weight is 353 g/mol. The number of amides is 1. The zero-order chi connectivity index (χ0) is 18.4. The molecule has 3 aromatic rings. The standard InChI is InChI=1S/C18H19N5O3/c1-14(26-15-6-3-2-4-7-15)18(25)19-11-13-23-17(24)9-8-16(21-23)22-12-5-10-20-22/h2-10,12,14H,11,13H2,1H3,(H,19,25). The van der Waals surface area contributed by atoms with E-state index in [1.54, 1.807) is 48.3 Å². The Labute approximate surface area is 150 Å². The third-order valence-electron chi connectivity index (χ3n) is 3.64. The lowest BCUT2D eigenvalue weighted by Gasteiger charge is -2.15. The summed E-state index contributed by atoms with van der Waals surface area (Å²) in [5, 5.41) is 11.1. The number of nitrogens with one attached hydrogen (secondary N) is 1. The molecular weight excluding hydrogens is 334 g/mol. The van der Waals surface area contributed by atoms with Crippen LogP contribution in [0.25, 0.3) is 5.82 Å². The molecule has 134 valence electrons. The molecular formula is C18H19N5O3. The second-order valence-electron chi connectivity index (χ2n) is 5.57. The molecule has 0 radical (unpaired) electrons. The van der Waals surface area contributed by atoms with Gasteiger partial charge in [0.05, 0.1) is 6.54 Å². The predicted octanol–water partition coefficient (Wildman–Crippen LogP) is 1.01. The normalized spacial score (nSPS) is 11.7. The molecule has 0 aliphatic rings. The Morgan fingerprint density at radius 2 is 2.00 bits per heavy atom. The lowest BCUT2D eigenvalue weighted by Crippen LogP contribution is -2.39. The Morgan fingerprint density at radius 1 is 1.19 bits per heavy atom. The van der Waals surface area contributed by atoms with Gasteiger partial charge in [-0.3, -0.25) is 9.59 Å². The van der Waals surface area contributed by atoms with Crippen molar-refractivity contribution in [1.82, 2.24) is 24.9 Å². The maximum absolute atomic E-state index is 12.1. The molecule has 1 atom stereocenters. The first-order valence-electron chi connectivity index (χ1n) is 8.21. The molecule has 26 heavy (non-hydrogen) atoms. The van der Waals surface area contributed by atoms with E-state index in [-0.39, 0.29) is 24.6 Å². The molecule has 8 heteroatoms. The minimum Gasteiger partial charge on any atom is -0.481 e. The minimum atomic E-state index is -0.641. The molecule has 0 spiro atoms. The number of aromatic nitrogens is 4. The summed E-state index contributed by atoms with van der Waals surface area (Å²) in [4.78, 5) is 24.0. The van der Waals surface area contributed by atoms with Gasteiger partial charge in [-0.05, 0) is 31.2 Å². The largest absolute Gasteiger partial charge is 0.481 e. The van der Waals surface area contributed by atoms with Gasteiger partial charge in [-0.25, -0.2) is 9.36 Å². The summed E-state index contributed by atoms with van der Waals surface area (Å²) in [7, 11) is 0. The van der Waals surface area contributed by atoms with E-state index in [9.17, 15) is 9.59 Å². The van der Waals surface area contributed by atoms with Gasteiger partial charge in [0, 0.05) is 25.0 Å². The van der Waals surface area contributed by atoms with Crippen molar-refractivity contribution in [2.75, 3.05) is 6.54 Å². The third-order valence-corrected chi connectivity index (χ3v) is 3.64. The number of para-hydroxylation sites is 1. The molecule has 2 heterocycles. The fourth-order valence-electron chi connectivity index (χ4n) is 2.31. The summed E-state index contributed by atoms with van der Waals surface area (Å²) in [6.07, 6.45) is 2.73. The van der Waals surface area contributed by atoms with Crippen molar-refractivity contribution in [2.24, 2.45) is 0 Å². The van der Waals surface area contributed by atoms with Crippen LogP contribution in [0.4, 0.5) is 0 Å². The summed E-state index contributed by atoms with van der Waals surface area (Å²) in [6.45, 7) is 2.18. The molecule has 0 bridgehead atoms. The fraction of sp³-hybridized carbons (Fsp3) is 0.222. The summed E-state index contributed by atoms with van der Waals surface area (Å²) in [5.41, 5.74) is -0.247. The first-order valence-corrected chi connectivity index (χ1v) is 8.21. The highest BCUT2D eigenvalue weighted by molar-refractivity contribution is 5.80. The number of ether oxygens (including phenoxy) is 1. The molecule has 0 saturated carbocycles. The van der Waals surface area contributed by atoms with Crippen molar-refractivity contribution >= 4 is 5.91 Å². The molecule has 0 saturated heterocycles. The number of hydrogen-bond acceptors (Lipinski definition) is 5. The number of carbonyl (C=O) groups excluding carboxylic acids is 1. The zero-order valence-electron chi connectivity index (χ0n) is 14.3. The maximum Gasteiger partial charge on any atom is 0.266 e. The lowest BCUT2D eigenvalue weighted by molar-refractivity contribution is -0.127. The highest BCUT2D eigenvalue weighted by atomic mass is 16.5. The van der Waals surface area contributed by atoms with Gasteiger partial charge in [0.2, 0.25) is 0 Å². The van der Waals surface area contributed by atoms with E-state index >= 15 is 0 Å². The van der Waals surface area contributed by atoms with Crippen LogP contribution in [0.2, 0.25) is 0 Å². The van der Waals surface area contributed by atoms with Crippen molar-refractivity contribution in [1.29, 1.82) is 0 Å². The Kier molecular flexibility index (Phi) is 5.43. The van der Waals surface area contributed by atoms with Crippen LogP contribution < -0.4 is 15.6 Å². The Morgan fingerprint density at radius 3 is 2.73 bits per heavy atom. The quantitative estimate of drug-likeness (QED) is 0.685. The molecule has 1 amide bonds. The number of benzene rings is 1. The van der Waals surface area contributed by atoms with Gasteiger partial charge in [0.15, 0.2) is 11.9 Å². The van der Waals surface area contributed by atoms with Crippen LogP contribution in [0.15, 0.2) is 65.7 Å². The smallest absolute Gasteiger partial charge is 0.266 e. The molecule has 0 aliphatic heterocycles. The second-order valence-corrected chi connectivity index (χ2v) is 5.57. The van der Waals surface area contributed by atoms with E-state index < -0.39 is 6.10 Å². The van der Waals surface area contributed by atoms with Crippen molar-refractivity contribution in [2.45, 2.75) is 19.6 Å². The van der Waals surface area contributed by atoms with Gasteiger partial charge in [-0.2, -0.15) is 5.10 Å². The SMILES string of the molecule is CC(Oc1ccccc1)C(=O)NCCn1nc(-n2cccn2)ccc1=O. The van der Waals surface area contributed by atoms with Crippen LogP contribution in [-0.2, 0) is 11.3 Å². The van der Waals surface area contributed by atoms with Crippen LogP contribution in [-0.4, -0.2) is 38.1 Å². The highest BCUT2D eigenvalue weighted by Gasteiger charge is 2.14. The lowest BCUT2D eigenvalue weighted by atomic mass is 10.3. The van der Waals surface area contributed by atoms with E-state index in [4.69, 9.17) is 4.74 Å². The fourth-order valence-corrected chi connectivity index (χ4v) is 2.31. The Bertz CT molecular complexity index is 906. The molecule has 3 rings (SSSR count). The van der Waals surface area contributed by atoms with Gasteiger partial charge in [0.1, 0.15) is 5.75 Å². The Hall–Kier alpha value is -3.42. The van der Waals surface area contributed by atoms with E-state index in [0.717, 1.165) is 0 Å². The van der Waals surface area contributed by atoms with E-state index in [0.29, 0.717) is 11.6 Å². The zero-order valence-corrected chi connectivity index (χ0v) is 14.3. The van der Waals surface area contributed by atoms with Gasteiger partial charge in [-0.1, -0.05) is 18.2 Å². The van der Waals surface area contributed by atoms with E-state index in [2.05, 4.69) is 15.5 Å². The van der Waals surface area contributed by atoms with Crippen LogP contribution in [0, 0.1) is 0 Å². The first-order chi connectivity index (χ1) is 12.6. The van der Waals surface area contributed by atoms with Gasteiger partial charge < -0.3 is 10.1 Å². The van der Waals surface area contributed by atoms with Gasteiger partial charge in [-0.15, -0.1) is 5.10 Å². The summed E-state index contributed by atoms with van der Waals surface area (Å²) in [5.74, 6) is 0.895. The van der Waals surface area contributed by atoms with Crippen LogP contribution in [0.1, 0.15) is 6.92 Å². The second kappa shape index (κ2) is 8.11. The van der Waals surface area contributed by atoms with Crippen molar-refractivity contribution in [3.05, 3.63) is 71.3 Å². The predicted molar refractivity (Wildman–Crippen MR) is 95.2 cm³/mol. The molecule has 1 unspecified atom stereocenters. The molecule has 0 aliphatic carbocycles. The van der Waals surface area contributed by atoms with Crippen molar-refractivity contribution in [3.63, 3.8) is 0 Å². The van der Waals surface area contributed by atoms with Gasteiger partial charge in [0.25, 0.3) is 11.5 Å². The van der Waals surface area contributed by atoms with Crippen LogP contribution in [0.5, 0.6) is 5.75 Å². The van der Waals surface area contributed by atoms with Crippen LogP contribution in [0.3, 0.4) is 0 Å². The first kappa shape index (κ1) is 17.4. The van der Waals surface area contributed by atoms with Crippen LogP contribution >= 0.6 is 0 Å². The van der Waals surface area contributed by atoms with Gasteiger partial charge >= 0.3 is 0 Å². The molecule has 1 aromatic carbocycles. The molecule has 0 fully saturated rings. The Balaban J connectivity index is 1.55.